The van der Waals surface area contributed by atoms with Crippen molar-refractivity contribution in [1.29, 1.82) is 0 Å². The first-order chi connectivity index (χ1) is 13.3. The van der Waals surface area contributed by atoms with Gasteiger partial charge in [0.15, 0.2) is 0 Å². The van der Waals surface area contributed by atoms with E-state index in [1.165, 1.54) is 40.6 Å². The lowest BCUT2D eigenvalue weighted by Crippen LogP contribution is -2.18. The highest BCUT2D eigenvalue weighted by Crippen LogP contribution is 2.44. The normalized spacial score (nSPS) is 12.8. The second-order valence-electron chi connectivity index (χ2n) is 6.37. The molecule has 28 heavy (non-hydrogen) atoms. The molecule has 0 heterocycles. The molecule has 0 amide bonds. The molecule has 0 bridgehead atoms. The van der Waals surface area contributed by atoms with Gasteiger partial charge in [0.25, 0.3) is 0 Å². The van der Waals surface area contributed by atoms with E-state index < -0.39 is 11.8 Å². The maximum absolute atomic E-state index is 13.2. The maximum Gasteiger partial charge on any atom is 0.147 e. The second kappa shape index (κ2) is 8.73. The predicted molar refractivity (Wildman–Crippen MR) is 104 cm³/mol. The molecule has 0 aromatic heterocycles. The number of carbonyl (C=O) groups excluding carboxylic acids is 1. The molecule has 2 N–H and O–H groups in total. The number of methoxy groups -OCH3 is 4. The Morgan fingerprint density at radius 1 is 0.714 bits per heavy atom. The van der Waals surface area contributed by atoms with Crippen LogP contribution >= 0.6 is 0 Å². The topological polar surface area (TPSA) is 94.5 Å². The summed E-state index contributed by atoms with van der Waals surface area (Å²) in [6.45, 7) is 3.35. The highest BCUT2D eigenvalue weighted by atomic mass is 16.5. The van der Waals surface area contributed by atoms with Gasteiger partial charge in [-0.25, -0.2) is 0 Å². The van der Waals surface area contributed by atoms with Crippen LogP contribution in [0.2, 0.25) is 0 Å². The van der Waals surface area contributed by atoms with Crippen molar-refractivity contribution in [3.05, 3.63) is 35.4 Å². The average Bonchev–Trinajstić information content (AvgIpc) is 2.70. The molecule has 152 valence electrons. The average molecular weight is 390 g/mol. The van der Waals surface area contributed by atoms with E-state index in [1.807, 2.05) is 0 Å². The Morgan fingerprint density at radius 3 is 1.36 bits per heavy atom. The van der Waals surface area contributed by atoms with Gasteiger partial charge in [-0.15, -0.1) is 0 Å². The Kier molecular flexibility index (Phi) is 6.62. The summed E-state index contributed by atoms with van der Waals surface area (Å²) in [7, 11) is 5.86. The van der Waals surface area contributed by atoms with Crippen molar-refractivity contribution < 1.29 is 34.0 Å². The van der Waals surface area contributed by atoms with Crippen LogP contribution in [0.3, 0.4) is 0 Å². The summed E-state index contributed by atoms with van der Waals surface area (Å²) < 4.78 is 20.9. The molecule has 2 unspecified atom stereocenters. The number of benzene rings is 2. The lowest BCUT2D eigenvalue weighted by molar-refractivity contribution is -0.121. The molecular formula is C21H26O7. The fraction of sp³-hybridized carbons (Fsp3) is 0.381. The SMILES string of the molecule is COc1cc(O)c(C(C)C(=O)C(C)c2c(O)cc(OC)cc2OC)c(OC)c1. The second-order valence-corrected chi connectivity index (χ2v) is 6.37. The standard InChI is InChI=1S/C21H26O7/c1-11(19-15(22)7-13(25-3)9-17(19)27-5)21(24)12(2)20-16(23)8-14(26-4)10-18(20)28-6/h7-12,22-23H,1-6H3. The van der Waals surface area contributed by atoms with Gasteiger partial charge in [0.05, 0.1) is 28.4 Å². The molecule has 2 rings (SSSR count). The van der Waals surface area contributed by atoms with E-state index in [0.717, 1.165) is 0 Å². The molecule has 0 aliphatic carbocycles. The van der Waals surface area contributed by atoms with Gasteiger partial charge in [-0.05, 0) is 0 Å². The molecule has 0 spiro atoms. The van der Waals surface area contributed by atoms with Crippen LogP contribution in [0.5, 0.6) is 34.5 Å². The molecule has 0 radical (unpaired) electrons. The lowest BCUT2D eigenvalue weighted by atomic mass is 9.84. The van der Waals surface area contributed by atoms with E-state index in [-0.39, 0.29) is 17.3 Å². The molecule has 2 atom stereocenters. The fourth-order valence-electron chi connectivity index (χ4n) is 3.28. The van der Waals surface area contributed by atoms with Crippen LogP contribution in [0.25, 0.3) is 0 Å². The Bertz CT molecular complexity index is 791. The van der Waals surface area contributed by atoms with Crippen molar-refractivity contribution >= 4 is 5.78 Å². The van der Waals surface area contributed by atoms with Gasteiger partial charge in [-0.3, -0.25) is 4.79 Å². The highest BCUT2D eigenvalue weighted by molar-refractivity contribution is 5.93. The van der Waals surface area contributed by atoms with Crippen LogP contribution in [-0.4, -0.2) is 44.4 Å². The van der Waals surface area contributed by atoms with Crippen molar-refractivity contribution in [2.75, 3.05) is 28.4 Å². The van der Waals surface area contributed by atoms with Gasteiger partial charge >= 0.3 is 0 Å². The third kappa shape index (κ3) is 3.93. The summed E-state index contributed by atoms with van der Waals surface area (Å²) in [4.78, 5) is 13.2. The van der Waals surface area contributed by atoms with Gasteiger partial charge in [0.2, 0.25) is 0 Å². The first kappa shape index (κ1) is 21.2. The third-order valence-electron chi connectivity index (χ3n) is 4.82. The molecule has 0 saturated carbocycles. The minimum Gasteiger partial charge on any atom is -0.507 e. The zero-order chi connectivity index (χ0) is 21.0. The monoisotopic (exact) mass is 390 g/mol. The number of aromatic hydroxyl groups is 2. The predicted octanol–water partition coefficient (Wildman–Crippen LogP) is 3.61. The first-order valence-corrected chi connectivity index (χ1v) is 8.72. The van der Waals surface area contributed by atoms with E-state index in [0.29, 0.717) is 34.1 Å². The van der Waals surface area contributed by atoms with Gasteiger partial charge in [-0.1, -0.05) is 13.8 Å². The molecule has 0 saturated heterocycles. The number of hydrogen-bond donors (Lipinski definition) is 2. The number of ketones is 1. The van der Waals surface area contributed by atoms with E-state index in [4.69, 9.17) is 18.9 Å². The summed E-state index contributed by atoms with van der Waals surface area (Å²) >= 11 is 0. The first-order valence-electron chi connectivity index (χ1n) is 8.72. The molecule has 2 aromatic rings. The number of phenolic OH excluding ortho intramolecular Hbond substituents is 2. The minimum atomic E-state index is -0.706. The van der Waals surface area contributed by atoms with Crippen molar-refractivity contribution in [2.24, 2.45) is 0 Å². The summed E-state index contributed by atoms with van der Waals surface area (Å²) in [6, 6.07) is 6.07. The van der Waals surface area contributed by atoms with Crippen LogP contribution in [0, 0.1) is 0 Å². The number of phenols is 2. The molecular weight excluding hydrogens is 364 g/mol. The van der Waals surface area contributed by atoms with Gasteiger partial charge in [-0.2, -0.15) is 0 Å². The van der Waals surface area contributed by atoms with Crippen molar-refractivity contribution in [3.8, 4) is 34.5 Å². The summed E-state index contributed by atoms with van der Waals surface area (Å²) in [6.07, 6.45) is 0. The quantitative estimate of drug-likeness (QED) is 0.711. The number of carbonyl (C=O) groups is 1. The molecule has 7 heteroatoms. The Balaban J connectivity index is 2.47. The highest BCUT2D eigenvalue weighted by Gasteiger charge is 2.31. The molecule has 2 aromatic carbocycles. The largest absolute Gasteiger partial charge is 0.507 e. The van der Waals surface area contributed by atoms with E-state index in [1.54, 1.807) is 26.0 Å². The third-order valence-corrected chi connectivity index (χ3v) is 4.82. The fourth-order valence-corrected chi connectivity index (χ4v) is 3.28. The van der Waals surface area contributed by atoms with Crippen LogP contribution in [0.4, 0.5) is 0 Å². The van der Waals surface area contributed by atoms with Crippen LogP contribution in [0.15, 0.2) is 24.3 Å². The number of hydrogen-bond acceptors (Lipinski definition) is 7. The van der Waals surface area contributed by atoms with Crippen LogP contribution < -0.4 is 18.9 Å². The van der Waals surface area contributed by atoms with E-state index >= 15 is 0 Å². The van der Waals surface area contributed by atoms with Crippen LogP contribution in [-0.2, 0) is 4.79 Å². The summed E-state index contributed by atoms with van der Waals surface area (Å²) in [5, 5.41) is 20.9. The zero-order valence-corrected chi connectivity index (χ0v) is 16.9. The van der Waals surface area contributed by atoms with Crippen molar-refractivity contribution in [3.63, 3.8) is 0 Å². The van der Waals surface area contributed by atoms with Gasteiger partial charge < -0.3 is 29.2 Å². The molecule has 0 fully saturated rings. The number of ether oxygens (including phenoxy) is 4. The Hall–Kier alpha value is -3.09. The lowest BCUT2D eigenvalue weighted by Gasteiger charge is -2.22. The zero-order valence-electron chi connectivity index (χ0n) is 16.9. The van der Waals surface area contributed by atoms with Gasteiger partial charge in [0.1, 0.15) is 40.3 Å². The summed E-state index contributed by atoms with van der Waals surface area (Å²) in [5.41, 5.74) is 0.708. The van der Waals surface area contributed by atoms with E-state index in [2.05, 4.69) is 0 Å². The van der Waals surface area contributed by atoms with E-state index in [9.17, 15) is 15.0 Å². The van der Waals surface area contributed by atoms with Crippen molar-refractivity contribution in [1.82, 2.24) is 0 Å². The molecule has 7 nitrogen and oxygen atoms in total. The molecule has 0 aliphatic rings. The number of Topliss-reactive ketones (excluding diaryl/α,β-unsaturated/α-hetero) is 1. The van der Waals surface area contributed by atoms with Crippen molar-refractivity contribution in [2.45, 2.75) is 25.7 Å². The van der Waals surface area contributed by atoms with Gasteiger partial charge in [0, 0.05) is 47.2 Å². The smallest absolute Gasteiger partial charge is 0.147 e. The maximum atomic E-state index is 13.2. The van der Waals surface area contributed by atoms with Crippen LogP contribution in [0.1, 0.15) is 36.8 Å². The summed E-state index contributed by atoms with van der Waals surface area (Å²) in [5.74, 6) is -0.320. The Labute approximate surface area is 164 Å². The molecule has 0 aliphatic heterocycles. The minimum absolute atomic E-state index is 0.102. The number of rotatable bonds is 8. The Morgan fingerprint density at radius 2 is 1.07 bits per heavy atom.